The smallest absolute Gasteiger partial charge is 0.311 e. The van der Waals surface area contributed by atoms with Crippen LogP contribution in [0.15, 0.2) is 41.3 Å². The quantitative estimate of drug-likeness (QED) is 0.785. The van der Waals surface area contributed by atoms with Crippen LogP contribution in [0.2, 0.25) is 0 Å². The molecule has 4 nitrogen and oxygen atoms in total. The number of likely N-dealkylation sites (tertiary alicyclic amines) is 1. The number of H-pyrrole nitrogens is 1. The van der Waals surface area contributed by atoms with Gasteiger partial charge in [-0.15, -0.1) is 0 Å². The van der Waals surface area contributed by atoms with E-state index in [1.54, 1.807) is 12.1 Å². The topological polar surface area (TPSA) is 49.0 Å². The fourth-order valence-electron chi connectivity index (χ4n) is 4.36. The summed E-state index contributed by atoms with van der Waals surface area (Å²) >= 11 is 0. The zero-order valence-electron chi connectivity index (χ0n) is 14.9. The number of hydrogen-bond donors (Lipinski definition) is 1. The van der Waals surface area contributed by atoms with E-state index in [1.807, 2.05) is 0 Å². The van der Waals surface area contributed by atoms with Crippen molar-refractivity contribution in [1.82, 2.24) is 14.9 Å². The molecule has 1 aromatic carbocycles. The minimum Gasteiger partial charge on any atom is -0.311 e. The van der Waals surface area contributed by atoms with Crippen LogP contribution >= 0.6 is 0 Å². The van der Waals surface area contributed by atoms with E-state index in [0.717, 1.165) is 50.9 Å². The first kappa shape index (κ1) is 18.2. The number of halogens is 3. The van der Waals surface area contributed by atoms with Gasteiger partial charge < -0.3 is 9.88 Å². The van der Waals surface area contributed by atoms with Crippen molar-refractivity contribution in [2.75, 3.05) is 19.6 Å². The molecule has 2 aliphatic rings. The number of nitrogens with one attached hydrogen (secondary N) is 1. The lowest BCUT2D eigenvalue weighted by Crippen LogP contribution is -2.27. The number of aromatic amines is 1. The number of piperidine rings is 1. The number of nitrogens with zero attached hydrogens (tertiary/aromatic N) is 2. The van der Waals surface area contributed by atoms with Crippen LogP contribution in [0.25, 0.3) is 0 Å². The van der Waals surface area contributed by atoms with Crippen LogP contribution < -0.4 is 5.56 Å². The normalized spacial score (nSPS) is 24.8. The zero-order chi connectivity index (χ0) is 19.1. The van der Waals surface area contributed by atoms with Crippen molar-refractivity contribution in [3.05, 3.63) is 63.8 Å². The average Bonchev–Trinajstić information content (AvgIpc) is 3.20. The number of alkyl halides is 3. The van der Waals surface area contributed by atoms with Gasteiger partial charge in [-0.05, 0) is 49.4 Å². The highest BCUT2D eigenvalue weighted by molar-refractivity contribution is 5.39. The summed E-state index contributed by atoms with van der Waals surface area (Å²) in [5.74, 6) is 1.27. The number of hydrogen-bond acceptors (Lipinski definition) is 3. The minimum atomic E-state index is -4.28. The van der Waals surface area contributed by atoms with E-state index in [0.29, 0.717) is 11.7 Å². The van der Waals surface area contributed by atoms with E-state index in [9.17, 15) is 18.0 Å². The highest BCUT2D eigenvalue weighted by atomic mass is 19.4. The lowest BCUT2D eigenvalue weighted by Gasteiger charge is -2.21. The molecule has 0 bridgehead atoms. The van der Waals surface area contributed by atoms with Crippen LogP contribution in [0.5, 0.6) is 0 Å². The Labute approximate surface area is 155 Å². The summed E-state index contributed by atoms with van der Waals surface area (Å²) in [5.41, 5.74) is 0.380. The molecule has 1 saturated carbocycles. The number of rotatable bonds is 6. The molecule has 2 heterocycles. The first-order valence-electron chi connectivity index (χ1n) is 9.31. The molecule has 1 N–H and O–H groups in total. The van der Waals surface area contributed by atoms with Crippen molar-refractivity contribution in [3.8, 4) is 0 Å². The lowest BCUT2D eigenvalue weighted by molar-refractivity contribution is -0.137. The third-order valence-electron chi connectivity index (χ3n) is 5.87. The summed E-state index contributed by atoms with van der Waals surface area (Å²) in [4.78, 5) is 20.5. The third-order valence-corrected chi connectivity index (χ3v) is 5.87. The van der Waals surface area contributed by atoms with Crippen molar-refractivity contribution in [1.29, 1.82) is 0 Å². The van der Waals surface area contributed by atoms with Crippen LogP contribution in [-0.2, 0) is 18.0 Å². The van der Waals surface area contributed by atoms with Crippen molar-refractivity contribution in [2.24, 2.45) is 5.92 Å². The maximum atomic E-state index is 12.8. The molecule has 27 heavy (non-hydrogen) atoms. The number of fused-ring (bicyclic) bond motifs is 1. The van der Waals surface area contributed by atoms with Gasteiger partial charge in [-0.2, -0.15) is 13.2 Å². The Kier molecular flexibility index (Phi) is 4.58. The van der Waals surface area contributed by atoms with Gasteiger partial charge in [0.05, 0.1) is 5.56 Å². The molecule has 2 aromatic rings. The Bertz CT molecular complexity index is 862. The fraction of sp³-hybridized carbons (Fsp3) is 0.500. The number of aromatic nitrogens is 2. The second-order valence-corrected chi connectivity index (χ2v) is 7.71. The van der Waals surface area contributed by atoms with Crippen molar-refractivity contribution in [2.45, 2.75) is 37.3 Å². The Morgan fingerprint density at radius 2 is 1.96 bits per heavy atom. The molecule has 144 valence electrons. The summed E-state index contributed by atoms with van der Waals surface area (Å²) < 4.78 is 38.3. The summed E-state index contributed by atoms with van der Waals surface area (Å²) in [6, 6.07) is 7.12. The number of benzene rings is 1. The van der Waals surface area contributed by atoms with Gasteiger partial charge in [0, 0.05) is 37.2 Å². The van der Waals surface area contributed by atoms with Gasteiger partial charge in [0.15, 0.2) is 0 Å². The molecule has 1 aliphatic carbocycles. The summed E-state index contributed by atoms with van der Waals surface area (Å²) in [5, 5.41) is 0. The zero-order valence-corrected chi connectivity index (χ0v) is 14.9. The van der Waals surface area contributed by atoms with Gasteiger partial charge in [-0.1, -0.05) is 12.1 Å². The number of unbranched alkanes of at least 4 members (excludes halogenated alkanes) is 1. The average molecular weight is 377 g/mol. The predicted molar refractivity (Wildman–Crippen MR) is 95.5 cm³/mol. The third kappa shape index (κ3) is 3.78. The second kappa shape index (κ2) is 6.78. The molecule has 2 unspecified atom stereocenters. The summed E-state index contributed by atoms with van der Waals surface area (Å²) in [6.07, 6.45) is 1.02. The molecule has 2 atom stereocenters. The fourth-order valence-corrected chi connectivity index (χ4v) is 4.36. The van der Waals surface area contributed by atoms with Crippen molar-refractivity contribution >= 4 is 0 Å². The Morgan fingerprint density at radius 1 is 1.19 bits per heavy atom. The van der Waals surface area contributed by atoms with Crippen molar-refractivity contribution < 1.29 is 13.2 Å². The van der Waals surface area contributed by atoms with Gasteiger partial charge in [-0.3, -0.25) is 4.79 Å². The lowest BCUT2D eigenvalue weighted by atomic mass is 9.94. The molecule has 0 amide bonds. The van der Waals surface area contributed by atoms with Crippen LogP contribution in [0.3, 0.4) is 0 Å². The maximum Gasteiger partial charge on any atom is 0.416 e. The number of aryl methyl sites for hydroxylation is 1. The standard InChI is InChI=1S/C20H22F3N3O/c21-20(22,23)15-6-4-14(5-7-15)19-11-16(19)12-26(13-19)10-2-1-3-17-24-9-8-18(27)25-17/h4-9,16H,1-3,10-13H2,(H,24,25,27). The second-order valence-electron chi connectivity index (χ2n) is 7.71. The van der Waals surface area contributed by atoms with E-state index in [2.05, 4.69) is 14.9 Å². The van der Waals surface area contributed by atoms with Gasteiger partial charge in [0.25, 0.3) is 5.56 Å². The molecular formula is C20H22F3N3O. The largest absolute Gasteiger partial charge is 0.416 e. The van der Waals surface area contributed by atoms with E-state index >= 15 is 0 Å². The molecule has 0 spiro atoms. The van der Waals surface area contributed by atoms with Gasteiger partial charge in [0.1, 0.15) is 5.82 Å². The highest BCUT2D eigenvalue weighted by Gasteiger charge is 2.60. The molecule has 1 aliphatic heterocycles. The molecule has 4 rings (SSSR count). The maximum absolute atomic E-state index is 12.8. The first-order chi connectivity index (χ1) is 12.9. The van der Waals surface area contributed by atoms with Gasteiger partial charge in [0.2, 0.25) is 0 Å². The van der Waals surface area contributed by atoms with E-state index < -0.39 is 11.7 Å². The summed E-state index contributed by atoms with van der Waals surface area (Å²) in [6.45, 7) is 2.90. The molecule has 1 saturated heterocycles. The molecule has 7 heteroatoms. The molecular weight excluding hydrogens is 355 g/mol. The Morgan fingerprint density at radius 3 is 2.67 bits per heavy atom. The highest BCUT2D eigenvalue weighted by Crippen LogP contribution is 2.59. The van der Waals surface area contributed by atoms with E-state index in [-0.39, 0.29) is 11.0 Å². The first-order valence-corrected chi connectivity index (χ1v) is 9.31. The van der Waals surface area contributed by atoms with E-state index in [1.165, 1.54) is 24.4 Å². The van der Waals surface area contributed by atoms with Crippen LogP contribution in [0.4, 0.5) is 13.2 Å². The molecule has 0 radical (unpaired) electrons. The van der Waals surface area contributed by atoms with Crippen LogP contribution in [-0.4, -0.2) is 34.5 Å². The van der Waals surface area contributed by atoms with Crippen LogP contribution in [0, 0.1) is 5.92 Å². The van der Waals surface area contributed by atoms with E-state index in [4.69, 9.17) is 0 Å². The Hall–Kier alpha value is -2.15. The van der Waals surface area contributed by atoms with Gasteiger partial charge >= 0.3 is 6.18 Å². The minimum absolute atomic E-state index is 0.0519. The van der Waals surface area contributed by atoms with Gasteiger partial charge in [-0.25, -0.2) is 4.98 Å². The molecule has 1 aromatic heterocycles. The molecule has 2 fully saturated rings. The monoisotopic (exact) mass is 377 g/mol. The predicted octanol–water partition coefficient (Wildman–Crippen LogP) is 3.38. The summed E-state index contributed by atoms with van der Waals surface area (Å²) in [7, 11) is 0. The Balaban J connectivity index is 1.28. The SMILES string of the molecule is O=c1ccnc(CCCCN2CC3CC3(c3ccc(C(F)(F)F)cc3)C2)[nH]1. The van der Waals surface area contributed by atoms with Crippen LogP contribution in [0.1, 0.15) is 36.2 Å². The van der Waals surface area contributed by atoms with Crippen molar-refractivity contribution in [3.63, 3.8) is 0 Å².